The minimum atomic E-state index is -0.606. The van der Waals surface area contributed by atoms with E-state index in [1.807, 2.05) is 13.8 Å². The Bertz CT molecular complexity index is 815. The van der Waals surface area contributed by atoms with Gasteiger partial charge in [-0.3, -0.25) is 9.59 Å². The highest BCUT2D eigenvalue weighted by Gasteiger charge is 2.65. The molecule has 2 N–H and O–H groups in total. The minimum absolute atomic E-state index is 0.00920. The Kier molecular flexibility index (Phi) is 9.00. The molecule has 0 aromatic carbocycles. The molecule has 212 valence electrons. The van der Waals surface area contributed by atoms with E-state index in [-0.39, 0.29) is 28.8 Å². The molecule has 0 aliphatic heterocycles. The third kappa shape index (κ3) is 5.48. The van der Waals surface area contributed by atoms with Crippen LogP contribution in [0.5, 0.6) is 0 Å². The van der Waals surface area contributed by atoms with Gasteiger partial charge in [-0.1, -0.05) is 41.0 Å². The number of aliphatic carboxylic acids is 1. The molecule has 0 amide bonds. The molecule has 6 nitrogen and oxygen atoms in total. The normalized spacial score (nSPS) is 42.0. The summed E-state index contributed by atoms with van der Waals surface area (Å²) in [5.74, 6) is 1.63. The molecule has 0 aromatic heterocycles. The third-order valence-corrected chi connectivity index (χ3v) is 11.2. The van der Waals surface area contributed by atoms with Crippen LogP contribution >= 0.6 is 0 Å². The molecule has 0 radical (unpaired) electrons. The van der Waals surface area contributed by atoms with E-state index in [1.54, 1.807) is 0 Å². The molecule has 0 heterocycles. The lowest BCUT2D eigenvalue weighted by atomic mass is 9.43. The van der Waals surface area contributed by atoms with Crippen molar-refractivity contribution in [2.75, 3.05) is 6.54 Å². The lowest BCUT2D eigenvalue weighted by Crippen LogP contribution is -2.65. The highest BCUT2D eigenvalue weighted by Crippen LogP contribution is 2.67. The van der Waals surface area contributed by atoms with E-state index in [2.05, 4.69) is 33.0 Å². The fourth-order valence-electron chi connectivity index (χ4n) is 9.54. The van der Waals surface area contributed by atoms with Crippen LogP contribution in [0.25, 0.3) is 0 Å². The topological polar surface area (TPSA) is 84.9 Å². The van der Waals surface area contributed by atoms with E-state index in [0.29, 0.717) is 42.1 Å². The zero-order valence-corrected chi connectivity index (χ0v) is 24.3. The van der Waals surface area contributed by atoms with Gasteiger partial charge in [0.05, 0.1) is 12.0 Å². The monoisotopic (exact) mass is 519 g/mol. The van der Waals surface area contributed by atoms with Crippen LogP contribution in [0.4, 0.5) is 0 Å². The Morgan fingerprint density at radius 3 is 2.49 bits per heavy atom. The first-order valence-electron chi connectivity index (χ1n) is 15.3. The number of ether oxygens (including phenoxy) is 2. The second-order valence-electron chi connectivity index (χ2n) is 13.7. The summed E-state index contributed by atoms with van der Waals surface area (Å²) in [7, 11) is 0. The van der Waals surface area contributed by atoms with Gasteiger partial charge in [-0.2, -0.15) is 0 Å². The lowest BCUT2D eigenvalue weighted by molar-refractivity contribution is -0.240. The van der Waals surface area contributed by atoms with Crippen molar-refractivity contribution in [1.82, 2.24) is 5.32 Å². The Hall–Kier alpha value is -1.14. The Morgan fingerprint density at radius 2 is 1.81 bits per heavy atom. The van der Waals surface area contributed by atoms with Gasteiger partial charge in [0.2, 0.25) is 0 Å². The predicted octanol–water partition coefficient (Wildman–Crippen LogP) is 6.42. The number of carbonyl (C=O) groups is 2. The van der Waals surface area contributed by atoms with Crippen LogP contribution in [-0.2, 0) is 19.1 Å². The number of nitrogens with one attached hydrogen (secondary N) is 1. The molecule has 0 saturated heterocycles. The number of rotatable bonds is 10. The molecule has 10 atom stereocenters. The van der Waals surface area contributed by atoms with Crippen LogP contribution in [-0.4, -0.2) is 42.0 Å². The average Bonchev–Trinajstić information content (AvgIpc) is 3.16. The number of carboxylic acids is 1. The SMILES string of the molecule is CCCC(=O)OC(C)OC1CCC[C@@H]2CC[C@@H]3[C@H]([C@H](NCCC(C)C)C[C@]4(C)[C@@H](C(=O)O)CC[C@@H]34)[C@@]12C. The molecular weight excluding hydrogens is 466 g/mol. The summed E-state index contributed by atoms with van der Waals surface area (Å²) in [4.78, 5) is 24.5. The zero-order valence-electron chi connectivity index (χ0n) is 24.3. The van der Waals surface area contributed by atoms with Gasteiger partial charge in [0.15, 0.2) is 6.29 Å². The maximum atomic E-state index is 12.3. The van der Waals surface area contributed by atoms with E-state index < -0.39 is 12.3 Å². The Morgan fingerprint density at radius 1 is 1.05 bits per heavy atom. The molecule has 4 saturated carbocycles. The maximum Gasteiger partial charge on any atom is 0.308 e. The first kappa shape index (κ1) is 28.9. The van der Waals surface area contributed by atoms with Crippen LogP contribution < -0.4 is 5.32 Å². The van der Waals surface area contributed by atoms with Gasteiger partial charge in [0.25, 0.3) is 0 Å². The molecule has 4 aliphatic rings. The van der Waals surface area contributed by atoms with Crippen LogP contribution in [0.15, 0.2) is 0 Å². The van der Waals surface area contributed by atoms with Crippen LogP contribution in [0.1, 0.15) is 112 Å². The maximum absolute atomic E-state index is 12.3. The van der Waals surface area contributed by atoms with Gasteiger partial charge >= 0.3 is 11.9 Å². The van der Waals surface area contributed by atoms with Crippen molar-refractivity contribution in [2.24, 2.45) is 46.3 Å². The van der Waals surface area contributed by atoms with Crippen molar-refractivity contribution in [3.8, 4) is 0 Å². The molecule has 0 spiro atoms. The van der Waals surface area contributed by atoms with E-state index in [1.165, 1.54) is 19.3 Å². The van der Waals surface area contributed by atoms with Gasteiger partial charge < -0.3 is 19.9 Å². The summed E-state index contributed by atoms with van der Waals surface area (Å²) in [5, 5.41) is 14.2. The van der Waals surface area contributed by atoms with Gasteiger partial charge in [-0.15, -0.1) is 0 Å². The standard InChI is InChI=1S/C31H53NO5/c1-7-9-27(33)37-20(4)36-26-11-8-10-21-12-13-22-23-14-15-24(29(34)35)30(23,5)18-25(28(22)31(21,26)6)32-17-16-19(2)3/h19-26,28,32H,7-18H2,1-6H3,(H,34,35)/t20?,21-,22+,23+,24-,25-,26?,28-,30+,31-/m1/s1. The van der Waals surface area contributed by atoms with Crippen LogP contribution in [0.3, 0.4) is 0 Å². The lowest BCUT2D eigenvalue weighted by Gasteiger charge is -2.64. The Balaban J connectivity index is 1.64. The van der Waals surface area contributed by atoms with Gasteiger partial charge in [0.1, 0.15) is 0 Å². The zero-order chi connectivity index (χ0) is 27.0. The summed E-state index contributed by atoms with van der Waals surface area (Å²) in [5.41, 5.74) is -0.162. The summed E-state index contributed by atoms with van der Waals surface area (Å²) in [6.45, 7) is 14.1. The molecule has 2 unspecified atom stereocenters. The van der Waals surface area contributed by atoms with E-state index >= 15 is 0 Å². The molecule has 4 fully saturated rings. The second-order valence-corrected chi connectivity index (χ2v) is 13.7. The van der Waals surface area contributed by atoms with Gasteiger partial charge in [0, 0.05) is 17.9 Å². The van der Waals surface area contributed by atoms with E-state index in [0.717, 1.165) is 51.5 Å². The average molecular weight is 520 g/mol. The Labute approximate surface area is 225 Å². The van der Waals surface area contributed by atoms with Crippen LogP contribution in [0.2, 0.25) is 0 Å². The summed E-state index contributed by atoms with van der Waals surface area (Å²) in [6.07, 6.45) is 10.4. The van der Waals surface area contributed by atoms with Crippen molar-refractivity contribution < 1.29 is 24.2 Å². The summed E-state index contributed by atoms with van der Waals surface area (Å²) >= 11 is 0. The number of carboxylic acid groups (broad SMARTS) is 1. The number of fused-ring (bicyclic) bond motifs is 5. The molecule has 6 heteroatoms. The quantitative estimate of drug-likeness (QED) is 0.256. The summed E-state index contributed by atoms with van der Waals surface area (Å²) in [6, 6.07) is 0.292. The molecule has 0 aromatic rings. The van der Waals surface area contributed by atoms with Crippen molar-refractivity contribution in [3.05, 3.63) is 0 Å². The molecule has 37 heavy (non-hydrogen) atoms. The second kappa shape index (κ2) is 11.5. The van der Waals surface area contributed by atoms with Crippen molar-refractivity contribution in [3.63, 3.8) is 0 Å². The number of hydrogen-bond acceptors (Lipinski definition) is 5. The van der Waals surface area contributed by atoms with Gasteiger partial charge in [-0.25, -0.2) is 0 Å². The number of hydrogen-bond donors (Lipinski definition) is 2. The molecule has 0 bridgehead atoms. The minimum Gasteiger partial charge on any atom is -0.481 e. The number of esters is 1. The first-order chi connectivity index (χ1) is 17.5. The van der Waals surface area contributed by atoms with Crippen molar-refractivity contribution >= 4 is 11.9 Å². The highest BCUT2D eigenvalue weighted by molar-refractivity contribution is 5.71. The third-order valence-electron chi connectivity index (χ3n) is 11.2. The fraction of sp³-hybridized carbons (Fsp3) is 0.935. The number of carbonyl (C=O) groups excluding carboxylic acids is 1. The van der Waals surface area contributed by atoms with Crippen molar-refractivity contribution in [2.45, 2.75) is 131 Å². The predicted molar refractivity (Wildman–Crippen MR) is 145 cm³/mol. The van der Waals surface area contributed by atoms with Crippen LogP contribution in [0, 0.1) is 46.3 Å². The first-order valence-corrected chi connectivity index (χ1v) is 15.3. The molecular formula is C31H53NO5. The molecule has 4 aliphatic carbocycles. The van der Waals surface area contributed by atoms with E-state index in [9.17, 15) is 14.7 Å². The van der Waals surface area contributed by atoms with Gasteiger partial charge in [-0.05, 0) is 106 Å². The van der Waals surface area contributed by atoms with E-state index in [4.69, 9.17) is 9.47 Å². The van der Waals surface area contributed by atoms with Crippen molar-refractivity contribution in [1.29, 1.82) is 0 Å². The highest BCUT2D eigenvalue weighted by atomic mass is 16.7. The summed E-state index contributed by atoms with van der Waals surface area (Å²) < 4.78 is 12.3. The smallest absolute Gasteiger partial charge is 0.308 e. The largest absolute Gasteiger partial charge is 0.481 e. The molecule has 4 rings (SSSR count). The fourth-order valence-corrected chi connectivity index (χ4v) is 9.54.